The quantitative estimate of drug-likeness (QED) is 0.850. The number of nitrogens with one attached hydrogen (secondary N) is 1. The van der Waals surface area contributed by atoms with Crippen molar-refractivity contribution in [2.24, 2.45) is 7.05 Å². The second-order valence-corrected chi connectivity index (χ2v) is 10.1. The van der Waals surface area contributed by atoms with E-state index in [1.807, 2.05) is 0 Å². The lowest BCUT2D eigenvalue weighted by Gasteiger charge is -2.47. The molecule has 4 rings (SSSR count). The van der Waals surface area contributed by atoms with E-state index >= 15 is 0 Å². The summed E-state index contributed by atoms with van der Waals surface area (Å²) in [5, 5.41) is 1.38. The van der Waals surface area contributed by atoms with Crippen LogP contribution in [-0.4, -0.2) is 61.5 Å². The van der Waals surface area contributed by atoms with Crippen LogP contribution in [0.1, 0.15) is 36.8 Å². The molecule has 148 valence electrons. The van der Waals surface area contributed by atoms with Crippen molar-refractivity contribution in [2.45, 2.75) is 44.2 Å². The van der Waals surface area contributed by atoms with Gasteiger partial charge in [0, 0.05) is 62.8 Å². The van der Waals surface area contributed by atoms with E-state index in [1.165, 1.54) is 26.3 Å². The van der Waals surface area contributed by atoms with Crippen molar-refractivity contribution in [3.8, 4) is 0 Å². The normalized spacial score (nSPS) is 25.9. The molecule has 2 heterocycles. The molecule has 0 spiro atoms. The van der Waals surface area contributed by atoms with Gasteiger partial charge in [0.05, 0.1) is 0 Å². The van der Waals surface area contributed by atoms with E-state index in [1.54, 1.807) is 14.1 Å². The highest BCUT2D eigenvalue weighted by Gasteiger charge is 2.41. The molecule has 6 nitrogen and oxygen atoms in total. The number of piperidine rings is 1. The molecule has 0 amide bonds. The Bertz CT molecular complexity index is 950. The van der Waals surface area contributed by atoms with E-state index in [0.29, 0.717) is 12.0 Å². The maximum atomic E-state index is 12.4. The first kappa shape index (κ1) is 18.9. The Morgan fingerprint density at radius 2 is 2.07 bits per heavy atom. The lowest BCUT2D eigenvalue weighted by Crippen LogP contribution is -2.57. The minimum absolute atomic E-state index is 0.0641. The van der Waals surface area contributed by atoms with Crippen molar-refractivity contribution in [1.82, 2.24) is 18.5 Å². The van der Waals surface area contributed by atoms with Crippen molar-refractivity contribution in [1.29, 1.82) is 0 Å². The van der Waals surface area contributed by atoms with Gasteiger partial charge in [-0.1, -0.05) is 19.1 Å². The summed E-state index contributed by atoms with van der Waals surface area (Å²) in [5.74, 6) is 0.360. The first-order valence-corrected chi connectivity index (χ1v) is 11.3. The second-order valence-electron chi connectivity index (χ2n) is 8.22. The third-order valence-corrected chi connectivity index (χ3v) is 7.78. The molecule has 2 aromatic rings. The predicted octanol–water partition coefficient (Wildman–Crippen LogP) is 2.07. The Morgan fingerprint density at radius 1 is 1.30 bits per heavy atom. The van der Waals surface area contributed by atoms with Gasteiger partial charge in [-0.3, -0.25) is 4.90 Å². The molecule has 1 saturated heterocycles. The number of hydrogen-bond donors (Lipinski definition) is 1. The highest BCUT2D eigenvalue weighted by Crippen LogP contribution is 2.44. The first-order chi connectivity index (χ1) is 12.8. The molecular weight excluding hydrogens is 360 g/mol. The highest BCUT2D eigenvalue weighted by molar-refractivity contribution is 7.87. The minimum Gasteiger partial charge on any atom is -0.350 e. The van der Waals surface area contributed by atoms with Gasteiger partial charge in [0.25, 0.3) is 10.2 Å². The third kappa shape index (κ3) is 3.20. The number of aromatic nitrogens is 1. The highest BCUT2D eigenvalue weighted by atomic mass is 32.2. The fourth-order valence-electron chi connectivity index (χ4n) is 5.02. The summed E-state index contributed by atoms with van der Waals surface area (Å²) in [6.07, 6.45) is 5.25. The molecule has 0 radical (unpaired) electrons. The molecule has 1 fully saturated rings. The molecule has 1 aliphatic carbocycles. The number of fused-ring (bicyclic) bond motifs is 2. The van der Waals surface area contributed by atoms with Crippen LogP contribution in [-0.2, 0) is 23.7 Å². The summed E-state index contributed by atoms with van der Waals surface area (Å²) in [6.45, 7) is 3.97. The zero-order chi connectivity index (χ0) is 19.3. The number of hydrogen-bond acceptors (Lipinski definition) is 3. The maximum absolute atomic E-state index is 12.4. The third-order valence-electron chi connectivity index (χ3n) is 6.19. The lowest BCUT2D eigenvalue weighted by molar-refractivity contribution is 0.105. The lowest BCUT2D eigenvalue weighted by atomic mass is 9.74. The fourth-order valence-corrected chi connectivity index (χ4v) is 5.82. The molecule has 0 saturated carbocycles. The van der Waals surface area contributed by atoms with Gasteiger partial charge in [-0.15, -0.1) is 0 Å². The molecular formula is C20H30N4O2S. The van der Waals surface area contributed by atoms with Crippen LogP contribution in [0.2, 0.25) is 0 Å². The Kier molecular flexibility index (Phi) is 4.83. The summed E-state index contributed by atoms with van der Waals surface area (Å²) < 4.78 is 31.2. The predicted molar refractivity (Wildman–Crippen MR) is 109 cm³/mol. The summed E-state index contributed by atoms with van der Waals surface area (Å²) in [7, 11) is 1.84. The van der Waals surface area contributed by atoms with E-state index in [2.05, 4.69) is 52.6 Å². The number of likely N-dealkylation sites (tertiary alicyclic amines) is 1. The average molecular weight is 391 g/mol. The minimum atomic E-state index is -3.43. The molecule has 2 aliphatic rings. The monoisotopic (exact) mass is 390 g/mol. The van der Waals surface area contributed by atoms with E-state index in [9.17, 15) is 8.42 Å². The van der Waals surface area contributed by atoms with Crippen LogP contribution in [0.5, 0.6) is 0 Å². The molecule has 1 aliphatic heterocycles. The summed E-state index contributed by atoms with van der Waals surface area (Å²) >= 11 is 0. The van der Waals surface area contributed by atoms with Crippen LogP contribution in [0, 0.1) is 0 Å². The maximum Gasteiger partial charge on any atom is 0.279 e. The van der Waals surface area contributed by atoms with E-state index < -0.39 is 10.2 Å². The molecule has 0 unspecified atom stereocenters. The van der Waals surface area contributed by atoms with Crippen molar-refractivity contribution in [2.75, 3.05) is 27.2 Å². The van der Waals surface area contributed by atoms with Crippen molar-refractivity contribution >= 4 is 21.1 Å². The van der Waals surface area contributed by atoms with Gasteiger partial charge in [0.15, 0.2) is 0 Å². The Balaban J connectivity index is 1.73. The second kappa shape index (κ2) is 6.88. The van der Waals surface area contributed by atoms with Crippen LogP contribution in [0.4, 0.5) is 0 Å². The van der Waals surface area contributed by atoms with Gasteiger partial charge < -0.3 is 4.57 Å². The Labute approximate surface area is 162 Å². The van der Waals surface area contributed by atoms with Crippen LogP contribution in [0.15, 0.2) is 24.4 Å². The zero-order valence-corrected chi connectivity index (χ0v) is 17.5. The topological polar surface area (TPSA) is 57.6 Å². The van der Waals surface area contributed by atoms with Crippen LogP contribution in [0.25, 0.3) is 10.9 Å². The van der Waals surface area contributed by atoms with Gasteiger partial charge >= 0.3 is 0 Å². The molecule has 3 atom stereocenters. The standard InChI is InChI=1S/C20H30N4O2S/c1-5-9-24-13-15(21-27(25,26)22(2)3)11-17-16-7-6-8-18-20(16)14(10-19(17)24)12-23(18)4/h6-8,12,15,17,19,21H,5,9-11,13H2,1-4H3/t15-,17+,19+/m0/s1. The van der Waals surface area contributed by atoms with Crippen LogP contribution in [0.3, 0.4) is 0 Å². The molecule has 1 N–H and O–H groups in total. The Morgan fingerprint density at radius 3 is 2.78 bits per heavy atom. The average Bonchev–Trinajstić information content (AvgIpc) is 2.93. The van der Waals surface area contributed by atoms with Crippen molar-refractivity contribution < 1.29 is 8.42 Å². The largest absolute Gasteiger partial charge is 0.350 e. The number of nitrogens with zero attached hydrogens (tertiary/aromatic N) is 3. The van der Waals surface area contributed by atoms with Crippen LogP contribution < -0.4 is 4.72 Å². The number of aryl methyl sites for hydroxylation is 1. The fraction of sp³-hybridized carbons (Fsp3) is 0.600. The molecule has 1 aromatic carbocycles. The Hall–Kier alpha value is -1.41. The number of rotatable bonds is 5. The first-order valence-electron chi connectivity index (χ1n) is 9.82. The molecule has 7 heteroatoms. The van der Waals surface area contributed by atoms with E-state index in [4.69, 9.17) is 0 Å². The van der Waals surface area contributed by atoms with Gasteiger partial charge in [0.1, 0.15) is 0 Å². The van der Waals surface area contributed by atoms with Gasteiger partial charge in [-0.05, 0) is 43.0 Å². The van der Waals surface area contributed by atoms with Gasteiger partial charge in [-0.2, -0.15) is 17.4 Å². The van der Waals surface area contributed by atoms with Gasteiger partial charge in [-0.25, -0.2) is 0 Å². The van der Waals surface area contributed by atoms with Crippen molar-refractivity contribution in [3.05, 3.63) is 35.5 Å². The summed E-state index contributed by atoms with van der Waals surface area (Å²) in [4.78, 5) is 2.51. The van der Waals surface area contributed by atoms with E-state index in [0.717, 1.165) is 32.4 Å². The number of benzene rings is 1. The molecule has 0 bridgehead atoms. The van der Waals surface area contributed by atoms with Gasteiger partial charge in [0.2, 0.25) is 0 Å². The SMILES string of the molecule is CCCN1C[C@@H](NS(=O)(=O)N(C)C)C[C@@H]2c3cccc4c3c(cn4C)C[C@H]21. The summed E-state index contributed by atoms with van der Waals surface area (Å²) in [6, 6.07) is 6.95. The van der Waals surface area contributed by atoms with E-state index in [-0.39, 0.29) is 6.04 Å². The van der Waals surface area contributed by atoms with Crippen molar-refractivity contribution in [3.63, 3.8) is 0 Å². The molecule has 27 heavy (non-hydrogen) atoms. The molecule has 1 aromatic heterocycles. The smallest absolute Gasteiger partial charge is 0.279 e. The zero-order valence-electron chi connectivity index (χ0n) is 16.6. The van der Waals surface area contributed by atoms with Crippen LogP contribution >= 0.6 is 0 Å². The summed E-state index contributed by atoms with van der Waals surface area (Å²) in [5.41, 5.74) is 4.09.